The second-order valence-electron chi connectivity index (χ2n) is 6.76. The van der Waals surface area contributed by atoms with Crippen molar-refractivity contribution in [2.24, 2.45) is 5.92 Å². The maximum atomic E-state index is 13.1. The summed E-state index contributed by atoms with van der Waals surface area (Å²) in [6.07, 6.45) is -1.61. The maximum Gasteiger partial charge on any atom is 0.393 e. The van der Waals surface area contributed by atoms with Gasteiger partial charge in [-0.15, -0.1) is 0 Å². The first kappa shape index (κ1) is 18.4. The first-order valence-electron chi connectivity index (χ1n) is 8.58. The Morgan fingerprint density at radius 1 is 1.31 bits per heavy atom. The molecule has 2 unspecified atom stereocenters. The molecule has 2 aromatic rings. The van der Waals surface area contributed by atoms with E-state index >= 15 is 0 Å². The molecule has 1 amide bonds. The fraction of sp³-hybridized carbons (Fsp3) is 0.500. The van der Waals surface area contributed by atoms with Crippen molar-refractivity contribution in [3.63, 3.8) is 0 Å². The van der Waals surface area contributed by atoms with Crippen molar-refractivity contribution < 1.29 is 18.0 Å². The fourth-order valence-corrected chi connectivity index (χ4v) is 3.55. The average molecular weight is 367 g/mol. The van der Waals surface area contributed by atoms with E-state index in [2.05, 4.69) is 10.3 Å². The zero-order chi connectivity index (χ0) is 18.9. The number of aryl methyl sites for hydroxylation is 1. The first-order valence-corrected chi connectivity index (χ1v) is 8.58. The molecule has 140 valence electrons. The Balaban J connectivity index is 1.77. The molecule has 1 heterocycles. The van der Waals surface area contributed by atoms with Gasteiger partial charge in [-0.05, 0) is 31.4 Å². The van der Waals surface area contributed by atoms with E-state index in [9.17, 15) is 22.8 Å². The van der Waals surface area contributed by atoms with Crippen LogP contribution in [0.4, 0.5) is 13.2 Å². The highest BCUT2D eigenvalue weighted by Crippen LogP contribution is 2.37. The maximum absolute atomic E-state index is 13.1. The third kappa shape index (κ3) is 3.73. The van der Waals surface area contributed by atoms with Gasteiger partial charge in [-0.25, -0.2) is 4.98 Å². The van der Waals surface area contributed by atoms with Crippen LogP contribution in [0.3, 0.4) is 0 Å². The molecule has 1 aliphatic carbocycles. The molecular formula is C18H20F3N3O2. The van der Waals surface area contributed by atoms with Crippen molar-refractivity contribution in [1.29, 1.82) is 0 Å². The van der Waals surface area contributed by atoms with E-state index in [0.29, 0.717) is 30.2 Å². The predicted octanol–water partition coefficient (Wildman–Crippen LogP) is 2.94. The molecule has 1 aromatic carbocycles. The Morgan fingerprint density at radius 2 is 2.04 bits per heavy atom. The van der Waals surface area contributed by atoms with Crippen LogP contribution < -0.4 is 10.9 Å². The number of carbonyl (C=O) groups is 1. The van der Waals surface area contributed by atoms with E-state index in [0.717, 1.165) is 10.1 Å². The van der Waals surface area contributed by atoms with E-state index in [-0.39, 0.29) is 18.5 Å². The Morgan fingerprint density at radius 3 is 2.77 bits per heavy atom. The minimum Gasteiger partial charge on any atom is -0.351 e. The van der Waals surface area contributed by atoms with Crippen LogP contribution >= 0.6 is 0 Å². The number of carbonyl (C=O) groups excluding carboxylic acids is 1. The van der Waals surface area contributed by atoms with Crippen molar-refractivity contribution in [1.82, 2.24) is 14.9 Å². The van der Waals surface area contributed by atoms with Gasteiger partial charge in [-0.1, -0.05) is 25.0 Å². The van der Waals surface area contributed by atoms with Crippen LogP contribution in [-0.2, 0) is 11.3 Å². The number of para-hydroxylation sites is 1. The van der Waals surface area contributed by atoms with E-state index in [4.69, 9.17) is 0 Å². The number of fused-ring (bicyclic) bond motifs is 1. The summed E-state index contributed by atoms with van der Waals surface area (Å²) in [6, 6.07) is 4.22. The predicted molar refractivity (Wildman–Crippen MR) is 90.7 cm³/mol. The highest BCUT2D eigenvalue weighted by molar-refractivity contribution is 5.81. The van der Waals surface area contributed by atoms with Crippen molar-refractivity contribution in [3.8, 4) is 0 Å². The Bertz CT molecular complexity index is 876. The van der Waals surface area contributed by atoms with Crippen molar-refractivity contribution in [3.05, 3.63) is 40.4 Å². The van der Waals surface area contributed by atoms with E-state index < -0.39 is 24.0 Å². The SMILES string of the molecule is Cc1cccc2c(=O)n(CC(=O)NC3CCCCC3C(F)(F)F)cnc12. The molecule has 0 saturated heterocycles. The molecule has 3 rings (SSSR count). The quantitative estimate of drug-likeness (QED) is 0.907. The van der Waals surface area contributed by atoms with E-state index in [1.165, 1.54) is 6.33 Å². The number of aromatic nitrogens is 2. The minimum atomic E-state index is -4.34. The van der Waals surface area contributed by atoms with Crippen molar-refractivity contribution in [2.75, 3.05) is 0 Å². The normalized spacial score (nSPS) is 20.9. The molecule has 1 aliphatic rings. The van der Waals surface area contributed by atoms with Gasteiger partial charge < -0.3 is 5.32 Å². The molecule has 0 spiro atoms. The summed E-state index contributed by atoms with van der Waals surface area (Å²) in [5.41, 5.74) is 1.01. The fourth-order valence-electron chi connectivity index (χ4n) is 3.55. The summed E-state index contributed by atoms with van der Waals surface area (Å²) in [5.74, 6) is -2.14. The summed E-state index contributed by atoms with van der Waals surface area (Å²) in [6.45, 7) is 1.48. The number of nitrogens with one attached hydrogen (secondary N) is 1. The Kier molecular flexibility index (Phi) is 5.02. The lowest BCUT2D eigenvalue weighted by Crippen LogP contribution is -2.48. The molecule has 0 aliphatic heterocycles. The summed E-state index contributed by atoms with van der Waals surface area (Å²) in [7, 11) is 0. The molecule has 1 saturated carbocycles. The van der Waals surface area contributed by atoms with Gasteiger partial charge in [0.2, 0.25) is 5.91 Å². The van der Waals surface area contributed by atoms with Crippen LogP contribution in [0, 0.1) is 12.8 Å². The van der Waals surface area contributed by atoms with Crippen LogP contribution in [0.2, 0.25) is 0 Å². The van der Waals surface area contributed by atoms with E-state index in [1.54, 1.807) is 12.1 Å². The third-order valence-electron chi connectivity index (χ3n) is 4.90. The molecule has 2 atom stereocenters. The van der Waals surface area contributed by atoms with Gasteiger partial charge >= 0.3 is 6.18 Å². The Hall–Kier alpha value is -2.38. The van der Waals surface area contributed by atoms with E-state index in [1.807, 2.05) is 13.0 Å². The lowest BCUT2D eigenvalue weighted by atomic mass is 9.84. The summed E-state index contributed by atoms with van der Waals surface area (Å²) < 4.78 is 40.5. The minimum absolute atomic E-state index is 0.0190. The van der Waals surface area contributed by atoms with Crippen LogP contribution in [0.5, 0.6) is 0 Å². The number of halogens is 3. The zero-order valence-corrected chi connectivity index (χ0v) is 14.3. The third-order valence-corrected chi connectivity index (χ3v) is 4.90. The molecule has 8 heteroatoms. The lowest BCUT2D eigenvalue weighted by molar-refractivity contribution is -0.189. The summed E-state index contributed by atoms with van der Waals surface area (Å²) in [5, 5.41) is 2.84. The van der Waals surface area contributed by atoms with Crippen LogP contribution in [0.1, 0.15) is 31.2 Å². The van der Waals surface area contributed by atoms with Gasteiger partial charge in [0.1, 0.15) is 6.54 Å². The van der Waals surface area contributed by atoms with Gasteiger partial charge in [-0.2, -0.15) is 13.2 Å². The average Bonchev–Trinajstić information content (AvgIpc) is 2.57. The van der Waals surface area contributed by atoms with Crippen LogP contribution in [-0.4, -0.2) is 27.7 Å². The summed E-state index contributed by atoms with van der Waals surface area (Å²) in [4.78, 5) is 28.9. The highest BCUT2D eigenvalue weighted by atomic mass is 19.4. The van der Waals surface area contributed by atoms with Gasteiger partial charge in [0.25, 0.3) is 5.56 Å². The number of amides is 1. The number of hydrogen-bond donors (Lipinski definition) is 1. The molecule has 1 aromatic heterocycles. The second-order valence-corrected chi connectivity index (χ2v) is 6.76. The Labute approximate surface area is 148 Å². The molecule has 0 bridgehead atoms. The molecule has 26 heavy (non-hydrogen) atoms. The van der Waals surface area contributed by atoms with Gasteiger partial charge in [0.05, 0.1) is 23.1 Å². The van der Waals surface area contributed by atoms with Crippen molar-refractivity contribution >= 4 is 16.8 Å². The standard InChI is InChI=1S/C18H20F3N3O2/c1-11-5-4-6-12-16(11)22-10-24(17(12)26)9-15(25)23-14-8-3-2-7-13(14)18(19,20)21/h4-6,10,13-14H,2-3,7-9H2,1H3,(H,23,25). The molecule has 5 nitrogen and oxygen atoms in total. The van der Waals surface area contributed by atoms with Crippen LogP contribution in [0.25, 0.3) is 10.9 Å². The number of nitrogens with zero attached hydrogens (tertiary/aromatic N) is 2. The van der Waals surface area contributed by atoms with Gasteiger partial charge in [0, 0.05) is 6.04 Å². The lowest BCUT2D eigenvalue weighted by Gasteiger charge is -2.33. The first-order chi connectivity index (χ1) is 12.3. The van der Waals surface area contributed by atoms with Crippen LogP contribution in [0.15, 0.2) is 29.3 Å². The number of rotatable bonds is 3. The van der Waals surface area contributed by atoms with Gasteiger partial charge in [-0.3, -0.25) is 14.2 Å². The highest BCUT2D eigenvalue weighted by Gasteiger charge is 2.45. The monoisotopic (exact) mass is 367 g/mol. The molecule has 1 N–H and O–H groups in total. The smallest absolute Gasteiger partial charge is 0.351 e. The number of benzene rings is 1. The number of alkyl halides is 3. The summed E-state index contributed by atoms with van der Waals surface area (Å²) >= 11 is 0. The second kappa shape index (κ2) is 7.09. The van der Waals surface area contributed by atoms with Gasteiger partial charge in [0.15, 0.2) is 0 Å². The largest absolute Gasteiger partial charge is 0.393 e. The van der Waals surface area contributed by atoms with Crippen molar-refractivity contribution in [2.45, 2.75) is 51.4 Å². The number of hydrogen-bond acceptors (Lipinski definition) is 3. The molecule has 0 radical (unpaired) electrons. The molecular weight excluding hydrogens is 347 g/mol. The molecule has 1 fully saturated rings. The zero-order valence-electron chi connectivity index (χ0n) is 14.3. The topological polar surface area (TPSA) is 64.0 Å².